The van der Waals surface area contributed by atoms with Gasteiger partial charge < -0.3 is 10.1 Å². The number of aromatic nitrogens is 3. The Morgan fingerprint density at radius 1 is 1.22 bits per heavy atom. The molecule has 2 aromatic carbocycles. The molecule has 168 valence electrons. The number of benzene rings is 2. The molecule has 0 aliphatic rings. The monoisotopic (exact) mass is 490 g/mol. The summed E-state index contributed by atoms with van der Waals surface area (Å²) in [5, 5.41) is 12.8. The second-order valence-electron chi connectivity index (χ2n) is 7.21. The Morgan fingerprint density at radius 2 is 2.00 bits per heavy atom. The second-order valence-corrected chi connectivity index (χ2v) is 8.99. The van der Waals surface area contributed by atoms with Crippen LogP contribution in [0.2, 0.25) is 10.0 Å². The van der Waals surface area contributed by atoms with E-state index >= 15 is 0 Å². The molecule has 1 unspecified atom stereocenters. The summed E-state index contributed by atoms with van der Waals surface area (Å²) in [5.74, 6) is 1.35. The number of hydrogen-bond donors (Lipinski definition) is 1. The van der Waals surface area contributed by atoms with Crippen molar-refractivity contribution in [2.75, 3.05) is 11.1 Å². The third kappa shape index (κ3) is 6.06. The standard InChI is InChI=1S/C23H24Cl2N4O2S/c1-5-10-29-22(16(4)31-18-8-6-14(2)15(3)11-18)27-28-23(29)32-13-21(30)26-20-9-7-17(24)12-19(20)25/h5-9,11-12,16H,1,10,13H2,2-4H3,(H,26,30). The molecule has 3 aromatic rings. The molecule has 0 fully saturated rings. The van der Waals surface area contributed by atoms with Crippen LogP contribution in [0.1, 0.15) is 30.0 Å². The number of amides is 1. The highest BCUT2D eigenvalue weighted by Crippen LogP contribution is 2.28. The summed E-state index contributed by atoms with van der Waals surface area (Å²) in [6.07, 6.45) is 1.42. The van der Waals surface area contributed by atoms with Gasteiger partial charge in [0.05, 0.1) is 16.5 Å². The molecule has 0 bridgehead atoms. The van der Waals surface area contributed by atoms with E-state index in [0.717, 1.165) is 11.3 Å². The Labute approximate surface area is 202 Å². The highest BCUT2D eigenvalue weighted by Gasteiger charge is 2.20. The second kappa shape index (κ2) is 10.9. The first-order chi connectivity index (χ1) is 15.3. The zero-order valence-electron chi connectivity index (χ0n) is 18.1. The number of aryl methyl sites for hydroxylation is 2. The van der Waals surface area contributed by atoms with Crippen molar-refractivity contribution in [1.29, 1.82) is 0 Å². The van der Waals surface area contributed by atoms with Gasteiger partial charge in [-0.15, -0.1) is 16.8 Å². The quantitative estimate of drug-likeness (QED) is 0.283. The lowest BCUT2D eigenvalue weighted by Gasteiger charge is -2.16. The summed E-state index contributed by atoms with van der Waals surface area (Å²) in [7, 11) is 0. The van der Waals surface area contributed by atoms with Crippen molar-refractivity contribution in [3.63, 3.8) is 0 Å². The van der Waals surface area contributed by atoms with Gasteiger partial charge in [0.2, 0.25) is 5.91 Å². The number of nitrogens with one attached hydrogen (secondary N) is 1. The van der Waals surface area contributed by atoms with Gasteiger partial charge in [0.25, 0.3) is 0 Å². The van der Waals surface area contributed by atoms with Crippen LogP contribution in [0.15, 0.2) is 54.2 Å². The number of halogens is 2. The van der Waals surface area contributed by atoms with Crippen LogP contribution in [-0.4, -0.2) is 26.4 Å². The molecule has 1 N–H and O–H groups in total. The van der Waals surface area contributed by atoms with E-state index in [4.69, 9.17) is 27.9 Å². The maximum atomic E-state index is 12.4. The lowest BCUT2D eigenvalue weighted by atomic mass is 10.1. The van der Waals surface area contributed by atoms with E-state index in [2.05, 4.69) is 29.0 Å². The molecule has 32 heavy (non-hydrogen) atoms. The molecule has 1 amide bonds. The lowest BCUT2D eigenvalue weighted by molar-refractivity contribution is -0.113. The molecule has 0 spiro atoms. The summed E-state index contributed by atoms with van der Waals surface area (Å²) in [6.45, 7) is 10.3. The predicted octanol–water partition coefficient (Wildman–Crippen LogP) is 6.26. The zero-order valence-corrected chi connectivity index (χ0v) is 20.4. The minimum Gasteiger partial charge on any atom is -0.483 e. The average Bonchev–Trinajstić information content (AvgIpc) is 3.14. The van der Waals surface area contributed by atoms with Crippen molar-refractivity contribution in [2.45, 2.75) is 38.6 Å². The molecule has 9 heteroatoms. The van der Waals surface area contributed by atoms with Crippen molar-refractivity contribution in [3.05, 3.63) is 76.0 Å². The molecule has 0 aliphatic carbocycles. The van der Waals surface area contributed by atoms with Gasteiger partial charge in [0.1, 0.15) is 5.75 Å². The van der Waals surface area contributed by atoms with Crippen LogP contribution >= 0.6 is 35.0 Å². The fraction of sp³-hybridized carbons (Fsp3) is 0.261. The van der Waals surface area contributed by atoms with Gasteiger partial charge in [0, 0.05) is 11.6 Å². The Hall–Kier alpha value is -2.48. The summed E-state index contributed by atoms with van der Waals surface area (Å²) < 4.78 is 7.99. The Kier molecular flexibility index (Phi) is 8.23. The number of ether oxygens (including phenoxy) is 1. The maximum Gasteiger partial charge on any atom is 0.234 e. The van der Waals surface area contributed by atoms with Gasteiger partial charge in [-0.25, -0.2) is 0 Å². The van der Waals surface area contributed by atoms with Crippen LogP contribution in [0, 0.1) is 13.8 Å². The van der Waals surface area contributed by atoms with E-state index in [1.54, 1.807) is 24.3 Å². The third-order valence-corrected chi connectivity index (χ3v) is 6.26. The van der Waals surface area contributed by atoms with Crippen LogP contribution in [0.25, 0.3) is 0 Å². The Bertz CT molecular complexity index is 1130. The van der Waals surface area contributed by atoms with Crippen molar-refractivity contribution >= 4 is 46.6 Å². The molecular formula is C23H24Cl2N4O2S. The van der Waals surface area contributed by atoms with Gasteiger partial charge in [-0.1, -0.05) is 47.1 Å². The third-order valence-electron chi connectivity index (χ3n) is 4.75. The smallest absolute Gasteiger partial charge is 0.234 e. The lowest BCUT2D eigenvalue weighted by Crippen LogP contribution is -2.16. The van der Waals surface area contributed by atoms with Gasteiger partial charge >= 0.3 is 0 Å². The Morgan fingerprint density at radius 3 is 2.69 bits per heavy atom. The molecular weight excluding hydrogens is 467 g/mol. The van der Waals surface area contributed by atoms with Gasteiger partial charge in [-0.3, -0.25) is 9.36 Å². The number of rotatable bonds is 9. The normalized spacial score (nSPS) is 11.8. The minimum atomic E-state index is -0.333. The van der Waals surface area contributed by atoms with Crippen LogP contribution in [0.5, 0.6) is 5.75 Å². The van der Waals surface area contributed by atoms with Crippen LogP contribution in [0.4, 0.5) is 5.69 Å². The largest absolute Gasteiger partial charge is 0.483 e. The van der Waals surface area contributed by atoms with Crippen LogP contribution in [-0.2, 0) is 11.3 Å². The van der Waals surface area contributed by atoms with E-state index < -0.39 is 0 Å². The van der Waals surface area contributed by atoms with Crippen molar-refractivity contribution in [1.82, 2.24) is 14.8 Å². The van der Waals surface area contributed by atoms with Crippen LogP contribution in [0.3, 0.4) is 0 Å². The fourth-order valence-corrected chi connectivity index (χ4v) is 4.17. The molecule has 6 nitrogen and oxygen atoms in total. The topological polar surface area (TPSA) is 69.0 Å². The Balaban J connectivity index is 1.68. The fourth-order valence-electron chi connectivity index (χ4n) is 2.96. The number of carbonyl (C=O) groups excluding carboxylic acids is 1. The van der Waals surface area contributed by atoms with Crippen molar-refractivity contribution in [2.24, 2.45) is 0 Å². The molecule has 3 rings (SSSR count). The summed E-state index contributed by atoms with van der Waals surface area (Å²) >= 11 is 13.3. The summed E-state index contributed by atoms with van der Waals surface area (Å²) in [4.78, 5) is 12.4. The number of anilines is 1. The zero-order chi connectivity index (χ0) is 23.3. The molecule has 0 saturated heterocycles. The molecule has 0 aliphatic heterocycles. The number of hydrogen-bond acceptors (Lipinski definition) is 5. The number of thioether (sulfide) groups is 1. The summed E-state index contributed by atoms with van der Waals surface area (Å²) in [6, 6.07) is 10.9. The summed E-state index contributed by atoms with van der Waals surface area (Å²) in [5.41, 5.74) is 2.87. The first-order valence-corrected chi connectivity index (χ1v) is 11.7. The minimum absolute atomic E-state index is 0.140. The van der Waals surface area contributed by atoms with Gasteiger partial charge in [-0.05, 0) is 62.2 Å². The van der Waals surface area contributed by atoms with E-state index in [-0.39, 0.29) is 17.8 Å². The van der Waals surface area contributed by atoms with Gasteiger partial charge in [0.15, 0.2) is 17.1 Å². The van der Waals surface area contributed by atoms with Crippen molar-refractivity contribution in [3.8, 4) is 5.75 Å². The molecule has 0 radical (unpaired) electrons. The number of allylic oxidation sites excluding steroid dienone is 1. The number of nitrogens with zero attached hydrogens (tertiary/aromatic N) is 3. The van der Waals surface area contributed by atoms with E-state index in [0.29, 0.717) is 33.3 Å². The molecule has 1 atom stereocenters. The molecule has 0 saturated carbocycles. The van der Waals surface area contributed by atoms with Crippen molar-refractivity contribution < 1.29 is 9.53 Å². The highest BCUT2D eigenvalue weighted by atomic mass is 35.5. The number of carbonyl (C=O) groups is 1. The average molecular weight is 491 g/mol. The first kappa shape index (κ1) is 24.2. The SMILES string of the molecule is C=CCn1c(SCC(=O)Nc2ccc(Cl)cc2Cl)nnc1C(C)Oc1ccc(C)c(C)c1. The van der Waals surface area contributed by atoms with E-state index in [1.807, 2.05) is 36.6 Å². The molecule has 1 heterocycles. The highest BCUT2D eigenvalue weighted by molar-refractivity contribution is 7.99. The van der Waals surface area contributed by atoms with Crippen LogP contribution < -0.4 is 10.1 Å². The molecule has 1 aromatic heterocycles. The first-order valence-electron chi connectivity index (χ1n) is 9.94. The predicted molar refractivity (Wildman–Crippen MR) is 131 cm³/mol. The van der Waals surface area contributed by atoms with Gasteiger partial charge in [-0.2, -0.15) is 0 Å². The maximum absolute atomic E-state index is 12.4. The van der Waals surface area contributed by atoms with E-state index in [1.165, 1.54) is 17.3 Å². The van der Waals surface area contributed by atoms with E-state index in [9.17, 15) is 4.79 Å².